The Morgan fingerprint density at radius 2 is 2.09 bits per heavy atom. The maximum atomic E-state index is 12.0. The minimum absolute atomic E-state index is 0.00284. The number of benzene rings is 1. The lowest BCUT2D eigenvalue weighted by Crippen LogP contribution is -2.28. The van der Waals surface area contributed by atoms with Gasteiger partial charge in [-0.3, -0.25) is 4.79 Å². The van der Waals surface area contributed by atoms with E-state index in [0.717, 1.165) is 15.0 Å². The van der Waals surface area contributed by atoms with Gasteiger partial charge in [0.1, 0.15) is 0 Å². The molecule has 0 aliphatic carbocycles. The predicted octanol–water partition coefficient (Wildman–Crippen LogP) is 3.17. The van der Waals surface area contributed by atoms with Gasteiger partial charge in [0.25, 0.3) is 0 Å². The predicted molar refractivity (Wildman–Crippen MR) is 92.7 cm³/mol. The number of rotatable bonds is 6. The average Bonchev–Trinajstić information content (AvgIpc) is 2.96. The third-order valence-electron chi connectivity index (χ3n) is 3.36. The van der Waals surface area contributed by atoms with Crippen LogP contribution in [0.15, 0.2) is 22.5 Å². The van der Waals surface area contributed by atoms with Gasteiger partial charge >= 0.3 is 0 Å². The minimum Gasteiger partial charge on any atom is -0.363 e. The first-order valence-electron chi connectivity index (χ1n) is 7.00. The van der Waals surface area contributed by atoms with Crippen molar-refractivity contribution in [2.75, 3.05) is 18.1 Å². The number of carbonyl (C=O) groups excluding carboxylic acids is 1. The van der Waals surface area contributed by atoms with Crippen molar-refractivity contribution in [3.05, 3.63) is 34.9 Å². The van der Waals surface area contributed by atoms with Crippen molar-refractivity contribution in [3.63, 3.8) is 0 Å². The highest BCUT2D eigenvalue weighted by molar-refractivity contribution is 8.01. The number of thioether (sulfide) groups is 1. The molecule has 7 heteroatoms. The third-order valence-corrected chi connectivity index (χ3v) is 5.43. The van der Waals surface area contributed by atoms with Crippen LogP contribution >= 0.6 is 23.1 Å². The standard InChI is InChI=1S/C15H20N4OS2/c1-9-5-6-12(7-10(9)2)11(3)17-13(20)8-21-15-19-18-14(16-4)22-15/h5-7,11H,8H2,1-4H3,(H,16,18)(H,17,20)/t11-/m0/s1. The molecule has 0 aliphatic rings. The molecule has 0 bridgehead atoms. The Labute approximate surface area is 138 Å². The second-order valence-electron chi connectivity index (χ2n) is 5.04. The van der Waals surface area contributed by atoms with Crippen LogP contribution in [0.5, 0.6) is 0 Å². The molecule has 0 aliphatic heterocycles. The molecule has 0 fully saturated rings. The molecular weight excluding hydrogens is 316 g/mol. The maximum absolute atomic E-state index is 12.0. The fourth-order valence-corrected chi connectivity index (χ4v) is 3.41. The van der Waals surface area contributed by atoms with E-state index in [2.05, 4.69) is 52.9 Å². The Morgan fingerprint density at radius 3 is 2.73 bits per heavy atom. The van der Waals surface area contributed by atoms with Crippen molar-refractivity contribution < 1.29 is 4.79 Å². The zero-order valence-electron chi connectivity index (χ0n) is 13.1. The quantitative estimate of drug-likeness (QED) is 0.793. The Hall–Kier alpha value is -1.60. The number of carbonyl (C=O) groups is 1. The Balaban J connectivity index is 1.86. The van der Waals surface area contributed by atoms with E-state index < -0.39 is 0 Å². The summed E-state index contributed by atoms with van der Waals surface area (Å²) in [6.07, 6.45) is 0. The molecular formula is C15H20N4OS2. The molecule has 22 heavy (non-hydrogen) atoms. The molecule has 0 unspecified atom stereocenters. The molecule has 118 valence electrons. The first kappa shape index (κ1) is 16.8. The second-order valence-corrected chi connectivity index (χ2v) is 7.24. The van der Waals surface area contributed by atoms with E-state index in [1.165, 1.54) is 34.2 Å². The van der Waals surface area contributed by atoms with E-state index in [1.807, 2.05) is 6.92 Å². The lowest BCUT2D eigenvalue weighted by Gasteiger charge is -2.15. The normalized spacial score (nSPS) is 12.0. The van der Waals surface area contributed by atoms with E-state index in [4.69, 9.17) is 0 Å². The summed E-state index contributed by atoms with van der Waals surface area (Å²) >= 11 is 2.84. The van der Waals surface area contributed by atoms with Crippen LogP contribution in [0.1, 0.15) is 29.7 Å². The van der Waals surface area contributed by atoms with Crippen molar-refractivity contribution in [2.45, 2.75) is 31.2 Å². The fraction of sp³-hybridized carbons (Fsp3) is 0.400. The largest absolute Gasteiger partial charge is 0.363 e. The summed E-state index contributed by atoms with van der Waals surface area (Å²) in [7, 11) is 1.80. The highest BCUT2D eigenvalue weighted by Gasteiger charge is 2.12. The molecule has 0 spiro atoms. The van der Waals surface area contributed by atoms with E-state index in [1.54, 1.807) is 7.05 Å². The van der Waals surface area contributed by atoms with Gasteiger partial charge in [0.2, 0.25) is 11.0 Å². The minimum atomic E-state index is -0.00492. The van der Waals surface area contributed by atoms with E-state index in [9.17, 15) is 4.79 Å². The smallest absolute Gasteiger partial charge is 0.230 e. The lowest BCUT2D eigenvalue weighted by molar-refractivity contribution is -0.119. The van der Waals surface area contributed by atoms with Crippen molar-refractivity contribution in [2.24, 2.45) is 0 Å². The summed E-state index contributed by atoms with van der Waals surface area (Å²) in [6, 6.07) is 6.26. The summed E-state index contributed by atoms with van der Waals surface area (Å²) in [5.41, 5.74) is 3.62. The van der Waals surface area contributed by atoms with E-state index in [0.29, 0.717) is 5.75 Å². The van der Waals surface area contributed by atoms with Crippen LogP contribution in [-0.2, 0) is 4.79 Å². The zero-order chi connectivity index (χ0) is 16.1. The topological polar surface area (TPSA) is 66.9 Å². The molecule has 1 amide bonds. The fourth-order valence-electron chi connectivity index (χ4n) is 1.90. The number of anilines is 1. The molecule has 1 aromatic heterocycles. The number of amides is 1. The van der Waals surface area contributed by atoms with E-state index in [-0.39, 0.29) is 11.9 Å². The van der Waals surface area contributed by atoms with Crippen LogP contribution in [0.25, 0.3) is 0 Å². The second kappa shape index (κ2) is 7.60. The molecule has 2 rings (SSSR count). The number of nitrogens with zero attached hydrogens (tertiary/aromatic N) is 2. The van der Waals surface area contributed by atoms with Crippen LogP contribution in [0.4, 0.5) is 5.13 Å². The van der Waals surface area contributed by atoms with Crippen LogP contribution in [0.3, 0.4) is 0 Å². The van der Waals surface area contributed by atoms with Crippen molar-refractivity contribution in [3.8, 4) is 0 Å². The van der Waals surface area contributed by atoms with Crippen molar-refractivity contribution in [1.82, 2.24) is 15.5 Å². The Bertz CT molecular complexity index is 657. The molecule has 0 saturated heterocycles. The number of aryl methyl sites for hydroxylation is 2. The van der Waals surface area contributed by atoms with Gasteiger partial charge < -0.3 is 10.6 Å². The van der Waals surface area contributed by atoms with Crippen LogP contribution in [-0.4, -0.2) is 28.9 Å². The summed E-state index contributed by atoms with van der Waals surface area (Å²) in [4.78, 5) is 12.0. The first-order valence-corrected chi connectivity index (χ1v) is 8.80. The SMILES string of the molecule is CNc1nnc(SCC(=O)N[C@@H](C)c2ccc(C)c(C)c2)s1. The van der Waals surface area contributed by atoms with Gasteiger partial charge in [-0.15, -0.1) is 10.2 Å². The third kappa shape index (κ3) is 4.45. The molecule has 5 nitrogen and oxygen atoms in total. The monoisotopic (exact) mass is 336 g/mol. The van der Waals surface area contributed by atoms with Gasteiger partial charge in [-0.25, -0.2) is 0 Å². The number of hydrogen-bond donors (Lipinski definition) is 2. The molecule has 1 atom stereocenters. The Kier molecular flexibility index (Phi) is 5.79. The highest BCUT2D eigenvalue weighted by Crippen LogP contribution is 2.25. The van der Waals surface area contributed by atoms with Gasteiger partial charge in [-0.2, -0.15) is 0 Å². The van der Waals surface area contributed by atoms with Gasteiger partial charge in [0, 0.05) is 7.05 Å². The molecule has 0 radical (unpaired) electrons. The zero-order valence-corrected chi connectivity index (χ0v) is 14.8. The molecule has 2 aromatic rings. The molecule has 1 aromatic carbocycles. The highest BCUT2D eigenvalue weighted by atomic mass is 32.2. The Morgan fingerprint density at radius 1 is 1.32 bits per heavy atom. The van der Waals surface area contributed by atoms with E-state index >= 15 is 0 Å². The van der Waals surface area contributed by atoms with Crippen LogP contribution in [0.2, 0.25) is 0 Å². The van der Waals surface area contributed by atoms with Gasteiger partial charge in [-0.05, 0) is 37.5 Å². The first-order chi connectivity index (χ1) is 10.5. The maximum Gasteiger partial charge on any atom is 0.230 e. The number of aromatic nitrogens is 2. The van der Waals surface area contributed by atoms with Crippen molar-refractivity contribution in [1.29, 1.82) is 0 Å². The van der Waals surface area contributed by atoms with Crippen LogP contribution in [0, 0.1) is 13.8 Å². The summed E-state index contributed by atoms with van der Waals surface area (Å²) < 4.78 is 0.790. The average molecular weight is 336 g/mol. The lowest BCUT2D eigenvalue weighted by atomic mass is 10.0. The van der Waals surface area contributed by atoms with Crippen molar-refractivity contribution >= 4 is 34.1 Å². The molecule has 2 N–H and O–H groups in total. The van der Waals surface area contributed by atoms with Gasteiger partial charge in [-0.1, -0.05) is 41.3 Å². The summed E-state index contributed by atoms with van der Waals surface area (Å²) in [5, 5.41) is 14.7. The number of hydrogen-bond acceptors (Lipinski definition) is 6. The van der Waals surface area contributed by atoms with Gasteiger partial charge in [0.05, 0.1) is 11.8 Å². The summed E-state index contributed by atoms with van der Waals surface area (Å²) in [5.74, 6) is 0.338. The summed E-state index contributed by atoms with van der Waals surface area (Å²) in [6.45, 7) is 6.16. The van der Waals surface area contributed by atoms with Crippen LogP contribution < -0.4 is 10.6 Å². The number of nitrogens with one attached hydrogen (secondary N) is 2. The van der Waals surface area contributed by atoms with Gasteiger partial charge in [0.15, 0.2) is 4.34 Å². The molecule has 1 heterocycles. The molecule has 0 saturated carbocycles.